The van der Waals surface area contributed by atoms with Gasteiger partial charge in [-0.25, -0.2) is 4.79 Å². The van der Waals surface area contributed by atoms with E-state index >= 15 is 0 Å². The minimum Gasteiger partial charge on any atom is -0.462 e. The Morgan fingerprint density at radius 1 is 1.03 bits per heavy atom. The predicted molar refractivity (Wildman–Crippen MR) is 109 cm³/mol. The highest BCUT2D eigenvalue weighted by Gasteiger charge is 2.35. The zero-order chi connectivity index (χ0) is 22.7. The number of hydrogen-bond acceptors (Lipinski definition) is 4. The van der Waals surface area contributed by atoms with Crippen LogP contribution in [0.25, 0.3) is 0 Å². The molecule has 162 valence electrons. The Kier molecular flexibility index (Phi) is 7.18. The molecule has 5 nitrogen and oxygen atoms in total. The second-order valence-corrected chi connectivity index (χ2v) is 8.41. The summed E-state index contributed by atoms with van der Waals surface area (Å²) in [5.41, 5.74) is 1.34. The van der Waals surface area contributed by atoms with Crippen molar-refractivity contribution in [2.45, 2.75) is 39.1 Å². The number of alkyl halides is 3. The highest BCUT2D eigenvalue weighted by Crippen LogP contribution is 2.36. The number of hydrogen-bond donors (Lipinski definition) is 0. The Bertz CT molecular complexity index is 921. The predicted octanol–water partition coefficient (Wildman–Crippen LogP) is 5.35. The van der Waals surface area contributed by atoms with Crippen molar-refractivity contribution < 1.29 is 32.2 Å². The lowest BCUT2D eigenvalue weighted by Gasteiger charge is -2.25. The first-order valence-electron chi connectivity index (χ1n) is 8.86. The number of esters is 1. The second kappa shape index (κ2) is 9.07. The van der Waals surface area contributed by atoms with Crippen molar-refractivity contribution in [3.05, 3.63) is 58.1 Å². The van der Waals surface area contributed by atoms with Crippen LogP contribution in [-0.2, 0) is 26.3 Å². The number of anilines is 1. The van der Waals surface area contributed by atoms with E-state index < -0.39 is 24.0 Å². The smallest absolute Gasteiger partial charge is 0.462 e. The molecule has 0 saturated heterocycles. The van der Waals surface area contributed by atoms with Gasteiger partial charge in [0.15, 0.2) is 5.75 Å². The van der Waals surface area contributed by atoms with E-state index in [9.17, 15) is 22.8 Å². The van der Waals surface area contributed by atoms with Crippen LogP contribution >= 0.6 is 15.9 Å². The maximum absolute atomic E-state index is 12.9. The number of carbonyl (C=O) groups is 2. The highest BCUT2D eigenvalue weighted by molar-refractivity contribution is 9.10. The normalized spacial score (nSPS) is 11.7. The van der Waals surface area contributed by atoms with Gasteiger partial charge >= 0.3 is 18.2 Å². The fourth-order valence-electron chi connectivity index (χ4n) is 2.67. The van der Waals surface area contributed by atoms with E-state index in [0.29, 0.717) is 10.0 Å². The Labute approximate surface area is 180 Å². The minimum atomic E-state index is -4.98. The van der Waals surface area contributed by atoms with E-state index in [1.54, 1.807) is 12.1 Å². The summed E-state index contributed by atoms with van der Waals surface area (Å²) in [6.45, 7) is 5.96. The van der Waals surface area contributed by atoms with Gasteiger partial charge in [-0.1, -0.05) is 61.0 Å². The van der Waals surface area contributed by atoms with E-state index in [-0.39, 0.29) is 17.6 Å². The topological polar surface area (TPSA) is 55.8 Å². The van der Waals surface area contributed by atoms with E-state index in [1.807, 2.05) is 32.9 Å². The molecule has 0 N–H and O–H groups in total. The SMILES string of the molecule is COC(=O)C(=O)N(Cc1ccc(C(C)(C)C)cc1)c1ccc(Br)cc1OC(F)(F)F. The number of amides is 1. The maximum Gasteiger partial charge on any atom is 0.573 e. The number of methoxy groups -OCH3 is 1. The van der Waals surface area contributed by atoms with Crippen molar-refractivity contribution in [2.24, 2.45) is 0 Å². The quantitative estimate of drug-likeness (QED) is 0.430. The summed E-state index contributed by atoms with van der Waals surface area (Å²) in [7, 11) is 1.02. The maximum atomic E-state index is 12.9. The molecule has 2 rings (SSSR count). The number of ether oxygens (including phenoxy) is 2. The third-order valence-corrected chi connectivity index (χ3v) is 4.70. The minimum absolute atomic E-state index is 0.0977. The first kappa shape index (κ1) is 23.7. The Balaban J connectivity index is 2.49. The van der Waals surface area contributed by atoms with Gasteiger partial charge in [0.2, 0.25) is 0 Å². The van der Waals surface area contributed by atoms with Gasteiger partial charge in [0.05, 0.1) is 19.3 Å². The Morgan fingerprint density at radius 2 is 1.63 bits per heavy atom. The summed E-state index contributed by atoms with van der Waals surface area (Å²) in [6.07, 6.45) is -4.98. The molecule has 0 aliphatic heterocycles. The molecule has 0 saturated carbocycles. The van der Waals surface area contributed by atoms with Crippen LogP contribution < -0.4 is 9.64 Å². The van der Waals surface area contributed by atoms with Crippen molar-refractivity contribution in [2.75, 3.05) is 12.0 Å². The van der Waals surface area contributed by atoms with Gasteiger partial charge in [-0.3, -0.25) is 9.69 Å². The van der Waals surface area contributed by atoms with Gasteiger partial charge in [0, 0.05) is 4.47 Å². The van der Waals surface area contributed by atoms with Gasteiger partial charge in [-0.2, -0.15) is 0 Å². The third kappa shape index (κ3) is 6.22. The molecule has 0 aliphatic carbocycles. The molecule has 2 aromatic carbocycles. The summed E-state index contributed by atoms with van der Waals surface area (Å²) in [6, 6.07) is 11.0. The summed E-state index contributed by atoms with van der Waals surface area (Å²) in [5.74, 6) is -2.95. The largest absolute Gasteiger partial charge is 0.573 e. The van der Waals surface area contributed by atoms with Crippen LogP contribution in [-0.4, -0.2) is 25.3 Å². The lowest BCUT2D eigenvalue weighted by Crippen LogP contribution is -2.37. The van der Waals surface area contributed by atoms with Crippen LogP contribution in [0.3, 0.4) is 0 Å². The molecule has 0 unspecified atom stereocenters. The van der Waals surface area contributed by atoms with Crippen molar-refractivity contribution in [1.82, 2.24) is 0 Å². The average molecular weight is 488 g/mol. The molecule has 0 spiro atoms. The molecule has 0 bridgehead atoms. The molecule has 1 amide bonds. The molecule has 0 atom stereocenters. The third-order valence-electron chi connectivity index (χ3n) is 4.20. The molecule has 0 fully saturated rings. The molecule has 0 aromatic heterocycles. The first-order valence-corrected chi connectivity index (χ1v) is 9.65. The van der Waals surface area contributed by atoms with E-state index in [0.717, 1.165) is 23.6 Å². The van der Waals surface area contributed by atoms with Gasteiger partial charge in [0.1, 0.15) is 0 Å². The van der Waals surface area contributed by atoms with Crippen LogP contribution in [0.2, 0.25) is 0 Å². The van der Waals surface area contributed by atoms with Crippen LogP contribution in [0.1, 0.15) is 31.9 Å². The highest BCUT2D eigenvalue weighted by atomic mass is 79.9. The zero-order valence-electron chi connectivity index (χ0n) is 16.8. The van der Waals surface area contributed by atoms with E-state index in [4.69, 9.17) is 0 Å². The molecular weight excluding hydrogens is 467 g/mol. The molecule has 0 aliphatic rings. The van der Waals surface area contributed by atoms with Crippen molar-refractivity contribution in [3.8, 4) is 5.75 Å². The summed E-state index contributed by atoms with van der Waals surface area (Å²) >= 11 is 3.08. The fourth-order valence-corrected chi connectivity index (χ4v) is 3.01. The summed E-state index contributed by atoms with van der Waals surface area (Å²) in [5, 5.41) is 0. The standard InChI is InChI=1S/C21H21BrF3NO4/c1-20(2,3)14-7-5-13(6-8-14)12-26(18(27)19(28)29-4)16-10-9-15(22)11-17(16)30-21(23,24)25/h5-11H,12H2,1-4H3. The molecular formula is C21H21BrF3NO4. The van der Waals surface area contributed by atoms with Crippen LogP contribution in [0.4, 0.5) is 18.9 Å². The Hall–Kier alpha value is -2.55. The van der Waals surface area contributed by atoms with Crippen LogP contribution in [0.5, 0.6) is 5.75 Å². The number of carbonyl (C=O) groups excluding carboxylic acids is 2. The van der Waals surface area contributed by atoms with Crippen LogP contribution in [0.15, 0.2) is 46.9 Å². The molecule has 30 heavy (non-hydrogen) atoms. The van der Waals surface area contributed by atoms with Gasteiger partial charge in [-0.15, -0.1) is 13.2 Å². The van der Waals surface area contributed by atoms with Gasteiger partial charge in [-0.05, 0) is 34.7 Å². The van der Waals surface area contributed by atoms with E-state index in [1.165, 1.54) is 12.1 Å². The monoisotopic (exact) mass is 487 g/mol. The number of nitrogens with zero attached hydrogens (tertiary/aromatic N) is 1. The molecule has 9 heteroatoms. The summed E-state index contributed by atoms with van der Waals surface area (Å²) < 4.78 is 47.6. The molecule has 2 aromatic rings. The number of rotatable bonds is 4. The first-order chi connectivity index (χ1) is 13.8. The van der Waals surface area contributed by atoms with Crippen molar-refractivity contribution >= 4 is 33.5 Å². The van der Waals surface area contributed by atoms with Gasteiger partial charge < -0.3 is 9.47 Å². The van der Waals surface area contributed by atoms with Crippen molar-refractivity contribution in [1.29, 1.82) is 0 Å². The summed E-state index contributed by atoms with van der Waals surface area (Å²) in [4.78, 5) is 25.4. The molecule has 0 heterocycles. The second-order valence-electron chi connectivity index (χ2n) is 7.49. The van der Waals surface area contributed by atoms with Crippen molar-refractivity contribution in [3.63, 3.8) is 0 Å². The fraction of sp³-hybridized carbons (Fsp3) is 0.333. The van der Waals surface area contributed by atoms with Gasteiger partial charge in [0.25, 0.3) is 0 Å². The van der Waals surface area contributed by atoms with E-state index in [2.05, 4.69) is 25.4 Å². The number of benzene rings is 2. The zero-order valence-corrected chi connectivity index (χ0v) is 18.4. The Morgan fingerprint density at radius 3 is 2.13 bits per heavy atom. The average Bonchev–Trinajstić information content (AvgIpc) is 2.64. The molecule has 0 radical (unpaired) electrons. The lowest BCUT2D eigenvalue weighted by molar-refractivity contribution is -0.274. The van der Waals surface area contributed by atoms with Crippen LogP contribution in [0, 0.1) is 0 Å². The number of halogens is 4. The lowest BCUT2D eigenvalue weighted by atomic mass is 9.87.